The molecule has 0 bridgehead atoms. The van der Waals surface area contributed by atoms with E-state index in [1.807, 2.05) is 7.05 Å². The average Bonchev–Trinajstić information content (AvgIpc) is 1.61. The minimum absolute atomic E-state index is 0.615. The summed E-state index contributed by atoms with van der Waals surface area (Å²) in [6, 6.07) is 0. The van der Waals surface area contributed by atoms with Crippen LogP contribution in [0.1, 0.15) is 0 Å². The van der Waals surface area contributed by atoms with Crippen LogP contribution in [-0.2, 0) is 0 Å². The van der Waals surface area contributed by atoms with Gasteiger partial charge in [0, 0.05) is 0 Å². The van der Waals surface area contributed by atoms with E-state index in [1.165, 1.54) is 0 Å². The lowest BCUT2D eigenvalue weighted by Crippen LogP contribution is -2.03. The Bertz CT molecular complexity index is 61.9. The highest BCUT2D eigenvalue weighted by Crippen LogP contribution is 1.49. The predicted molar refractivity (Wildman–Crippen MR) is 27.0 cm³/mol. The minimum Gasteiger partial charge on any atom is -0.301 e. The van der Waals surface area contributed by atoms with E-state index < -0.39 is 0 Å². The maximum absolute atomic E-state index is 3.62. The van der Waals surface area contributed by atoms with E-state index in [0.29, 0.717) is 6.67 Å². The van der Waals surface area contributed by atoms with Crippen LogP contribution in [0.2, 0.25) is 0 Å². The third-order valence-electron chi connectivity index (χ3n) is 0.349. The van der Waals surface area contributed by atoms with E-state index in [2.05, 4.69) is 22.8 Å². The topological polar surface area (TPSA) is 24.4 Å². The largest absolute Gasteiger partial charge is 0.301 e. The SMILES string of the molecule is C=C=NCNC. The molecule has 0 fully saturated rings. The Morgan fingerprint density at radius 2 is 2.67 bits per heavy atom. The molecule has 0 heterocycles. The number of hydrogen-bond donors (Lipinski definition) is 1. The second-order valence-electron chi connectivity index (χ2n) is 0.828. The molecule has 0 saturated heterocycles. The van der Waals surface area contributed by atoms with Crippen molar-refractivity contribution in [2.75, 3.05) is 13.7 Å². The average molecular weight is 84.1 g/mol. The molecule has 0 aromatic rings. The van der Waals surface area contributed by atoms with E-state index in [0.717, 1.165) is 0 Å². The lowest BCUT2D eigenvalue weighted by atomic mass is 11.0. The Hall–Kier alpha value is -0.590. The second-order valence-corrected chi connectivity index (χ2v) is 0.828. The van der Waals surface area contributed by atoms with Crippen LogP contribution in [0.3, 0.4) is 0 Å². The molecule has 0 aromatic carbocycles. The van der Waals surface area contributed by atoms with Gasteiger partial charge in [0.1, 0.15) is 0 Å². The summed E-state index contributed by atoms with van der Waals surface area (Å²) in [6.07, 6.45) is 0. The Kier molecular flexibility index (Phi) is 3.98. The molecule has 0 saturated carbocycles. The number of nitrogens with zero attached hydrogens (tertiary/aromatic N) is 1. The predicted octanol–water partition coefficient (Wildman–Crippen LogP) is 0.0190. The molecule has 2 heteroatoms. The standard InChI is InChI=1S/C4H8N2/c1-3-6-4-5-2/h5H,1,4H2,2H3. The maximum Gasteiger partial charge on any atom is 0.0977 e. The number of rotatable bonds is 2. The summed E-state index contributed by atoms with van der Waals surface area (Å²) in [5.74, 6) is 2.38. The summed E-state index contributed by atoms with van der Waals surface area (Å²) in [5.41, 5.74) is 0. The third-order valence-corrected chi connectivity index (χ3v) is 0.349. The van der Waals surface area contributed by atoms with Crippen LogP contribution in [0.25, 0.3) is 0 Å². The van der Waals surface area contributed by atoms with Crippen LogP contribution in [-0.4, -0.2) is 19.6 Å². The van der Waals surface area contributed by atoms with Crippen molar-refractivity contribution >= 4 is 5.87 Å². The van der Waals surface area contributed by atoms with Crippen molar-refractivity contribution in [1.82, 2.24) is 5.32 Å². The van der Waals surface area contributed by atoms with Gasteiger partial charge < -0.3 is 5.32 Å². The van der Waals surface area contributed by atoms with Crippen LogP contribution in [0.4, 0.5) is 0 Å². The molecule has 0 aromatic heterocycles. The van der Waals surface area contributed by atoms with Crippen molar-refractivity contribution in [2.24, 2.45) is 4.99 Å². The fourth-order valence-electron chi connectivity index (χ4n) is 0.135. The van der Waals surface area contributed by atoms with Gasteiger partial charge in [-0.3, -0.25) is 0 Å². The lowest BCUT2D eigenvalue weighted by Gasteiger charge is -1.79. The van der Waals surface area contributed by atoms with Crippen molar-refractivity contribution in [2.45, 2.75) is 0 Å². The fourth-order valence-corrected chi connectivity index (χ4v) is 0.135. The molecule has 0 aliphatic carbocycles. The monoisotopic (exact) mass is 84.1 g/mol. The zero-order valence-corrected chi connectivity index (χ0v) is 3.86. The molecular weight excluding hydrogens is 76.1 g/mol. The van der Waals surface area contributed by atoms with Gasteiger partial charge in [-0.15, -0.1) is 0 Å². The smallest absolute Gasteiger partial charge is 0.0977 e. The van der Waals surface area contributed by atoms with Gasteiger partial charge in [0.25, 0.3) is 0 Å². The third kappa shape index (κ3) is 3.41. The summed E-state index contributed by atoms with van der Waals surface area (Å²) < 4.78 is 0. The summed E-state index contributed by atoms with van der Waals surface area (Å²) in [7, 11) is 1.82. The van der Waals surface area contributed by atoms with E-state index in [1.54, 1.807) is 0 Å². The van der Waals surface area contributed by atoms with Crippen LogP contribution in [0.5, 0.6) is 0 Å². The maximum atomic E-state index is 3.62. The lowest BCUT2D eigenvalue weighted by molar-refractivity contribution is 0.839. The van der Waals surface area contributed by atoms with Crippen molar-refractivity contribution in [3.63, 3.8) is 0 Å². The summed E-state index contributed by atoms with van der Waals surface area (Å²) in [5, 5.41) is 2.80. The molecule has 0 aliphatic heterocycles. The Morgan fingerprint density at radius 1 is 2.00 bits per heavy atom. The van der Waals surface area contributed by atoms with Crippen LogP contribution in [0.15, 0.2) is 11.6 Å². The van der Waals surface area contributed by atoms with E-state index >= 15 is 0 Å². The van der Waals surface area contributed by atoms with Gasteiger partial charge in [-0.1, -0.05) is 0 Å². The Morgan fingerprint density at radius 3 is 2.83 bits per heavy atom. The van der Waals surface area contributed by atoms with Crippen molar-refractivity contribution in [3.8, 4) is 0 Å². The van der Waals surface area contributed by atoms with Gasteiger partial charge in [-0.25, -0.2) is 4.99 Å². The highest BCUT2D eigenvalue weighted by atomic mass is 15.0. The molecule has 1 N–H and O–H groups in total. The van der Waals surface area contributed by atoms with Crippen molar-refractivity contribution in [3.05, 3.63) is 6.58 Å². The molecule has 0 unspecified atom stereocenters. The molecule has 34 valence electrons. The summed E-state index contributed by atoms with van der Waals surface area (Å²) >= 11 is 0. The first-order chi connectivity index (χ1) is 2.91. The van der Waals surface area contributed by atoms with Crippen LogP contribution < -0.4 is 5.32 Å². The summed E-state index contributed by atoms with van der Waals surface area (Å²) in [4.78, 5) is 3.62. The minimum atomic E-state index is 0.615. The van der Waals surface area contributed by atoms with Gasteiger partial charge in [-0.2, -0.15) is 0 Å². The van der Waals surface area contributed by atoms with E-state index in [-0.39, 0.29) is 0 Å². The molecule has 0 rings (SSSR count). The molecule has 2 nitrogen and oxygen atoms in total. The number of aliphatic imine (C=N–C) groups is 1. The van der Waals surface area contributed by atoms with Crippen LogP contribution in [0, 0.1) is 0 Å². The molecule has 0 aliphatic rings. The van der Waals surface area contributed by atoms with Crippen molar-refractivity contribution in [1.29, 1.82) is 0 Å². The molecule has 0 radical (unpaired) electrons. The first-order valence-corrected chi connectivity index (χ1v) is 1.75. The van der Waals surface area contributed by atoms with E-state index in [4.69, 9.17) is 0 Å². The van der Waals surface area contributed by atoms with Gasteiger partial charge >= 0.3 is 0 Å². The first-order valence-electron chi connectivity index (χ1n) is 1.75. The van der Waals surface area contributed by atoms with Crippen LogP contribution >= 0.6 is 0 Å². The van der Waals surface area contributed by atoms with Gasteiger partial charge in [0.15, 0.2) is 0 Å². The Labute approximate surface area is 37.6 Å². The highest BCUT2D eigenvalue weighted by molar-refractivity contribution is 5.46. The fraction of sp³-hybridized carbons (Fsp3) is 0.500. The second kappa shape index (κ2) is 4.41. The molecule has 0 amide bonds. The Balaban J connectivity index is 2.86. The first kappa shape index (κ1) is 5.41. The summed E-state index contributed by atoms with van der Waals surface area (Å²) in [6.45, 7) is 3.88. The van der Waals surface area contributed by atoms with Gasteiger partial charge in [-0.05, 0) is 19.5 Å². The quantitative estimate of drug-likeness (QED) is 0.468. The number of nitrogens with one attached hydrogen (secondary N) is 1. The highest BCUT2D eigenvalue weighted by Gasteiger charge is 1.59. The molecule has 6 heavy (non-hydrogen) atoms. The van der Waals surface area contributed by atoms with Gasteiger partial charge in [0.05, 0.1) is 6.67 Å². The zero-order valence-electron chi connectivity index (χ0n) is 3.86. The van der Waals surface area contributed by atoms with E-state index in [9.17, 15) is 0 Å². The normalized spacial score (nSPS) is 6.83. The van der Waals surface area contributed by atoms with Gasteiger partial charge in [0.2, 0.25) is 0 Å². The molecule has 0 spiro atoms. The molecular formula is C4H8N2. The van der Waals surface area contributed by atoms with Crippen molar-refractivity contribution < 1.29 is 0 Å². The zero-order chi connectivity index (χ0) is 4.83. The number of hydrogen-bond acceptors (Lipinski definition) is 2. The molecule has 0 atom stereocenters.